The quantitative estimate of drug-likeness (QED) is 0.630. The SMILES string of the molecule is CC(C(=O)c1ccccc1)S(=O)(=O)CCC(N)=S. The van der Waals surface area contributed by atoms with Gasteiger partial charge < -0.3 is 5.73 Å². The van der Waals surface area contributed by atoms with E-state index in [1.807, 2.05) is 0 Å². The van der Waals surface area contributed by atoms with E-state index in [-0.39, 0.29) is 17.2 Å². The maximum atomic E-state index is 12.0. The fourth-order valence-corrected chi connectivity index (χ4v) is 2.97. The second-order valence-electron chi connectivity index (χ2n) is 3.96. The summed E-state index contributed by atoms with van der Waals surface area (Å²) >= 11 is 4.64. The molecule has 1 rings (SSSR count). The lowest BCUT2D eigenvalue weighted by atomic mass is 10.1. The number of hydrogen-bond donors (Lipinski definition) is 1. The molecule has 0 aliphatic heterocycles. The summed E-state index contributed by atoms with van der Waals surface area (Å²) in [5.74, 6) is -0.597. The average molecular weight is 285 g/mol. The van der Waals surface area contributed by atoms with Crippen LogP contribution >= 0.6 is 12.2 Å². The summed E-state index contributed by atoms with van der Waals surface area (Å²) in [4.78, 5) is 12.1. The number of thiocarbonyl (C=S) groups is 1. The van der Waals surface area contributed by atoms with Gasteiger partial charge in [0.05, 0.1) is 10.7 Å². The van der Waals surface area contributed by atoms with E-state index in [4.69, 9.17) is 5.73 Å². The van der Waals surface area contributed by atoms with E-state index in [1.54, 1.807) is 30.3 Å². The molecule has 0 bridgehead atoms. The van der Waals surface area contributed by atoms with Crippen molar-refractivity contribution < 1.29 is 13.2 Å². The number of carbonyl (C=O) groups is 1. The van der Waals surface area contributed by atoms with E-state index in [0.717, 1.165) is 0 Å². The molecule has 0 spiro atoms. The Morgan fingerprint density at radius 2 is 1.89 bits per heavy atom. The van der Waals surface area contributed by atoms with Crippen LogP contribution in [0, 0.1) is 0 Å². The molecule has 4 nitrogen and oxygen atoms in total. The summed E-state index contributed by atoms with van der Waals surface area (Å²) in [6.45, 7) is 1.39. The predicted octanol–water partition coefficient (Wildman–Crippen LogP) is 1.35. The van der Waals surface area contributed by atoms with Crippen LogP contribution in [0.25, 0.3) is 0 Å². The van der Waals surface area contributed by atoms with Crippen molar-refractivity contribution in [2.45, 2.75) is 18.6 Å². The molecule has 0 heterocycles. The summed E-state index contributed by atoms with van der Waals surface area (Å²) in [6, 6.07) is 8.36. The molecule has 98 valence electrons. The van der Waals surface area contributed by atoms with Gasteiger partial charge in [-0.05, 0) is 6.92 Å². The number of nitrogens with two attached hydrogens (primary N) is 1. The largest absolute Gasteiger partial charge is 0.393 e. The minimum atomic E-state index is -3.52. The van der Waals surface area contributed by atoms with Gasteiger partial charge in [0.1, 0.15) is 5.25 Å². The van der Waals surface area contributed by atoms with Gasteiger partial charge in [-0.15, -0.1) is 0 Å². The first-order valence-corrected chi connectivity index (χ1v) is 7.56. The number of rotatable bonds is 6. The summed E-state index contributed by atoms with van der Waals surface area (Å²) < 4.78 is 23.8. The summed E-state index contributed by atoms with van der Waals surface area (Å²) in [5.41, 5.74) is 5.66. The van der Waals surface area contributed by atoms with Crippen molar-refractivity contribution in [3.63, 3.8) is 0 Å². The van der Waals surface area contributed by atoms with Crippen molar-refractivity contribution >= 4 is 32.8 Å². The second kappa shape index (κ2) is 6.06. The molecule has 0 saturated heterocycles. The smallest absolute Gasteiger partial charge is 0.180 e. The van der Waals surface area contributed by atoms with Gasteiger partial charge in [-0.3, -0.25) is 4.79 Å². The maximum absolute atomic E-state index is 12.0. The Balaban J connectivity index is 2.84. The zero-order chi connectivity index (χ0) is 13.8. The number of carbonyl (C=O) groups excluding carboxylic acids is 1. The van der Waals surface area contributed by atoms with Gasteiger partial charge in [0.25, 0.3) is 0 Å². The first-order chi connectivity index (χ1) is 8.34. The molecule has 0 amide bonds. The van der Waals surface area contributed by atoms with Crippen LogP contribution in [-0.2, 0) is 9.84 Å². The molecule has 0 radical (unpaired) electrons. The van der Waals surface area contributed by atoms with Crippen LogP contribution < -0.4 is 5.73 Å². The Hall–Kier alpha value is -1.27. The Kier molecular flexibility index (Phi) is 4.98. The van der Waals surface area contributed by atoms with E-state index in [0.29, 0.717) is 5.56 Å². The van der Waals surface area contributed by atoms with E-state index in [1.165, 1.54) is 6.92 Å². The molecule has 0 aliphatic rings. The van der Waals surface area contributed by atoms with Crippen molar-refractivity contribution in [2.24, 2.45) is 5.73 Å². The van der Waals surface area contributed by atoms with E-state index in [2.05, 4.69) is 12.2 Å². The molecule has 1 atom stereocenters. The van der Waals surface area contributed by atoms with Crippen LogP contribution in [0.2, 0.25) is 0 Å². The lowest BCUT2D eigenvalue weighted by molar-refractivity contribution is 0.0991. The van der Waals surface area contributed by atoms with Gasteiger partial charge in [-0.2, -0.15) is 0 Å². The molecule has 1 aromatic carbocycles. The highest BCUT2D eigenvalue weighted by Gasteiger charge is 2.28. The highest BCUT2D eigenvalue weighted by atomic mass is 32.2. The minimum absolute atomic E-state index is 0.101. The zero-order valence-electron chi connectivity index (χ0n) is 10.00. The van der Waals surface area contributed by atoms with Crippen molar-refractivity contribution in [2.75, 3.05) is 5.75 Å². The molecule has 0 aliphatic carbocycles. The summed E-state index contributed by atoms with van der Waals surface area (Å²) in [7, 11) is -3.52. The van der Waals surface area contributed by atoms with Gasteiger partial charge in [-0.25, -0.2) is 8.42 Å². The van der Waals surface area contributed by atoms with Crippen molar-refractivity contribution in [3.8, 4) is 0 Å². The van der Waals surface area contributed by atoms with Gasteiger partial charge in [0.2, 0.25) is 0 Å². The number of sulfone groups is 1. The van der Waals surface area contributed by atoms with Gasteiger partial charge in [0.15, 0.2) is 15.6 Å². The van der Waals surface area contributed by atoms with Crippen LogP contribution in [-0.4, -0.2) is 30.2 Å². The normalized spacial score (nSPS) is 12.9. The number of benzene rings is 1. The van der Waals surface area contributed by atoms with Gasteiger partial charge in [-0.1, -0.05) is 42.5 Å². The van der Waals surface area contributed by atoms with E-state index in [9.17, 15) is 13.2 Å². The topological polar surface area (TPSA) is 77.2 Å². The second-order valence-corrected chi connectivity index (χ2v) is 6.92. The Morgan fingerprint density at radius 1 is 1.33 bits per heavy atom. The number of hydrogen-bond acceptors (Lipinski definition) is 4. The Bertz CT molecular complexity index is 538. The van der Waals surface area contributed by atoms with Crippen LogP contribution in [0.5, 0.6) is 0 Å². The minimum Gasteiger partial charge on any atom is -0.393 e. The third-order valence-corrected chi connectivity index (χ3v) is 4.87. The zero-order valence-corrected chi connectivity index (χ0v) is 11.6. The number of Topliss-reactive ketones (excluding diaryl/α,β-unsaturated/α-hetero) is 1. The molecule has 0 aromatic heterocycles. The lowest BCUT2D eigenvalue weighted by Crippen LogP contribution is -2.30. The van der Waals surface area contributed by atoms with Gasteiger partial charge >= 0.3 is 0 Å². The number of ketones is 1. The molecule has 1 unspecified atom stereocenters. The van der Waals surface area contributed by atoms with E-state index >= 15 is 0 Å². The van der Waals surface area contributed by atoms with Crippen molar-refractivity contribution in [1.82, 2.24) is 0 Å². The van der Waals surface area contributed by atoms with Crippen molar-refractivity contribution in [3.05, 3.63) is 35.9 Å². The van der Waals surface area contributed by atoms with Crippen LogP contribution in [0.4, 0.5) is 0 Å². The molecule has 1 aromatic rings. The van der Waals surface area contributed by atoms with Crippen LogP contribution in [0.3, 0.4) is 0 Å². The van der Waals surface area contributed by atoms with Crippen LogP contribution in [0.1, 0.15) is 23.7 Å². The fourth-order valence-electron chi connectivity index (χ4n) is 1.42. The third-order valence-electron chi connectivity index (χ3n) is 2.60. The van der Waals surface area contributed by atoms with E-state index < -0.39 is 20.9 Å². The first kappa shape index (κ1) is 14.8. The Morgan fingerprint density at radius 3 is 2.39 bits per heavy atom. The molecular weight excluding hydrogens is 270 g/mol. The average Bonchev–Trinajstić information content (AvgIpc) is 2.36. The monoisotopic (exact) mass is 285 g/mol. The maximum Gasteiger partial charge on any atom is 0.180 e. The van der Waals surface area contributed by atoms with Crippen LogP contribution in [0.15, 0.2) is 30.3 Å². The molecule has 0 saturated carbocycles. The molecule has 6 heteroatoms. The molecule has 18 heavy (non-hydrogen) atoms. The van der Waals surface area contributed by atoms with Crippen molar-refractivity contribution in [1.29, 1.82) is 0 Å². The fraction of sp³-hybridized carbons (Fsp3) is 0.333. The Labute approximate surface area is 112 Å². The first-order valence-electron chi connectivity index (χ1n) is 5.43. The highest BCUT2D eigenvalue weighted by molar-refractivity contribution is 7.92. The standard InChI is InChI=1S/C12H15NO3S2/c1-9(18(15,16)8-7-11(13)17)12(14)10-5-3-2-4-6-10/h2-6,9H,7-8H2,1H3,(H2,13,17). The predicted molar refractivity (Wildman–Crippen MR) is 75.4 cm³/mol. The summed E-state index contributed by atoms with van der Waals surface area (Å²) in [5, 5.41) is -1.07. The summed E-state index contributed by atoms with van der Waals surface area (Å²) in [6.07, 6.45) is 0.101. The molecule has 0 fully saturated rings. The molecule has 2 N–H and O–H groups in total. The molecular formula is C12H15NO3S2. The van der Waals surface area contributed by atoms with Gasteiger partial charge in [0, 0.05) is 12.0 Å². The third kappa shape index (κ3) is 3.89. The lowest BCUT2D eigenvalue weighted by Gasteiger charge is -2.11. The highest BCUT2D eigenvalue weighted by Crippen LogP contribution is 2.12.